The lowest BCUT2D eigenvalue weighted by Gasteiger charge is -2.34. The molecular formula is C14H15ClN2O4S. The van der Waals surface area contributed by atoms with Gasteiger partial charge in [0.2, 0.25) is 10.0 Å². The van der Waals surface area contributed by atoms with Crippen LogP contribution in [-0.4, -0.2) is 36.9 Å². The molecule has 1 aliphatic rings. The zero-order valence-electron chi connectivity index (χ0n) is 11.9. The maximum absolute atomic E-state index is 12.6. The topological polar surface area (TPSA) is 98.5 Å². The number of sulfonamides is 1. The molecule has 1 heterocycles. The summed E-state index contributed by atoms with van der Waals surface area (Å²) in [6, 6.07) is 5.91. The SMILES string of the molecule is CC1CN(S(=O)(=O)c2ccc(C#N)cc2Cl)CCC1C(=O)O. The summed E-state index contributed by atoms with van der Waals surface area (Å²) in [7, 11) is -3.80. The fourth-order valence-electron chi connectivity index (χ4n) is 2.61. The number of rotatable bonds is 3. The van der Waals surface area contributed by atoms with Crippen molar-refractivity contribution in [1.82, 2.24) is 4.31 Å². The Morgan fingerprint density at radius 2 is 2.18 bits per heavy atom. The monoisotopic (exact) mass is 342 g/mol. The van der Waals surface area contributed by atoms with Gasteiger partial charge < -0.3 is 5.11 Å². The molecule has 0 radical (unpaired) electrons. The standard InChI is InChI=1S/C14H15ClN2O4S/c1-9-8-17(5-4-11(9)14(18)19)22(20,21)13-3-2-10(7-16)6-12(13)15/h2-3,6,9,11H,4-5,8H2,1H3,(H,18,19). The maximum atomic E-state index is 12.6. The van der Waals surface area contributed by atoms with Crippen LogP contribution in [0.4, 0.5) is 0 Å². The number of benzene rings is 1. The molecule has 0 aromatic heterocycles. The van der Waals surface area contributed by atoms with Crippen molar-refractivity contribution in [2.24, 2.45) is 11.8 Å². The molecule has 0 saturated carbocycles. The van der Waals surface area contributed by atoms with Gasteiger partial charge in [-0.05, 0) is 30.5 Å². The number of nitrogens with zero attached hydrogens (tertiary/aromatic N) is 2. The number of hydrogen-bond donors (Lipinski definition) is 1. The Morgan fingerprint density at radius 1 is 1.50 bits per heavy atom. The molecule has 22 heavy (non-hydrogen) atoms. The molecular weight excluding hydrogens is 328 g/mol. The van der Waals surface area contributed by atoms with Gasteiger partial charge in [0.25, 0.3) is 0 Å². The Kier molecular flexibility index (Phi) is 4.75. The van der Waals surface area contributed by atoms with Crippen LogP contribution in [0.3, 0.4) is 0 Å². The minimum atomic E-state index is -3.80. The Hall–Kier alpha value is -1.62. The van der Waals surface area contributed by atoms with Gasteiger partial charge >= 0.3 is 5.97 Å². The predicted molar refractivity (Wildman–Crippen MR) is 79.8 cm³/mol. The van der Waals surface area contributed by atoms with Gasteiger partial charge in [0.1, 0.15) is 4.90 Å². The summed E-state index contributed by atoms with van der Waals surface area (Å²) < 4.78 is 26.5. The van der Waals surface area contributed by atoms with Crippen molar-refractivity contribution in [3.05, 3.63) is 28.8 Å². The number of carboxylic acids is 1. The second kappa shape index (κ2) is 6.24. The number of carboxylic acid groups (broad SMARTS) is 1. The molecule has 1 fully saturated rings. The van der Waals surface area contributed by atoms with Crippen molar-refractivity contribution < 1.29 is 18.3 Å². The highest BCUT2D eigenvalue weighted by molar-refractivity contribution is 7.89. The van der Waals surface area contributed by atoms with Crippen LogP contribution >= 0.6 is 11.6 Å². The summed E-state index contributed by atoms with van der Waals surface area (Å²) in [6.07, 6.45) is 0.267. The summed E-state index contributed by atoms with van der Waals surface area (Å²) in [6.45, 7) is 2.00. The average molecular weight is 343 g/mol. The van der Waals surface area contributed by atoms with Gasteiger partial charge in [-0.1, -0.05) is 18.5 Å². The van der Waals surface area contributed by atoms with Gasteiger partial charge in [0.05, 0.1) is 22.6 Å². The van der Waals surface area contributed by atoms with E-state index in [1.54, 1.807) is 6.92 Å². The smallest absolute Gasteiger partial charge is 0.306 e. The fourth-order valence-corrected chi connectivity index (χ4v) is 4.68. The third-order valence-electron chi connectivity index (χ3n) is 3.86. The molecule has 2 rings (SSSR count). The van der Waals surface area contributed by atoms with Crippen molar-refractivity contribution in [2.75, 3.05) is 13.1 Å². The molecule has 1 saturated heterocycles. The van der Waals surface area contributed by atoms with Crippen molar-refractivity contribution >= 4 is 27.6 Å². The summed E-state index contributed by atoms with van der Waals surface area (Å²) in [4.78, 5) is 11.0. The molecule has 1 N–H and O–H groups in total. The quantitative estimate of drug-likeness (QED) is 0.905. The lowest BCUT2D eigenvalue weighted by molar-refractivity contribution is -0.144. The molecule has 118 valence electrons. The summed E-state index contributed by atoms with van der Waals surface area (Å²) >= 11 is 5.98. The first kappa shape index (κ1) is 16.7. The van der Waals surface area contributed by atoms with E-state index in [0.29, 0.717) is 0 Å². The number of aliphatic carboxylic acids is 1. The molecule has 2 atom stereocenters. The van der Waals surface area contributed by atoms with E-state index in [0.717, 1.165) is 0 Å². The lowest BCUT2D eigenvalue weighted by Crippen LogP contribution is -2.44. The number of hydrogen-bond acceptors (Lipinski definition) is 4. The van der Waals surface area contributed by atoms with E-state index in [2.05, 4.69) is 0 Å². The van der Waals surface area contributed by atoms with E-state index < -0.39 is 21.9 Å². The van der Waals surface area contributed by atoms with Crippen molar-refractivity contribution in [3.63, 3.8) is 0 Å². The third-order valence-corrected chi connectivity index (χ3v) is 6.21. The first-order valence-electron chi connectivity index (χ1n) is 6.70. The van der Waals surface area contributed by atoms with Crippen molar-refractivity contribution in [2.45, 2.75) is 18.2 Å². The highest BCUT2D eigenvalue weighted by atomic mass is 35.5. The maximum Gasteiger partial charge on any atom is 0.306 e. The van der Waals surface area contributed by atoms with Crippen LogP contribution < -0.4 is 0 Å². The van der Waals surface area contributed by atoms with Gasteiger partial charge in [-0.2, -0.15) is 9.57 Å². The normalized spacial score (nSPS) is 23.0. The Labute approximate surface area is 134 Å². The second-order valence-electron chi connectivity index (χ2n) is 5.33. The van der Waals surface area contributed by atoms with Crippen LogP contribution in [-0.2, 0) is 14.8 Å². The molecule has 1 aliphatic heterocycles. The minimum Gasteiger partial charge on any atom is -0.481 e. The van der Waals surface area contributed by atoms with E-state index in [4.69, 9.17) is 22.0 Å². The van der Waals surface area contributed by atoms with E-state index >= 15 is 0 Å². The molecule has 6 nitrogen and oxygen atoms in total. The van der Waals surface area contributed by atoms with Crippen LogP contribution in [0.15, 0.2) is 23.1 Å². The number of nitriles is 1. The molecule has 0 amide bonds. The van der Waals surface area contributed by atoms with Crippen molar-refractivity contribution in [1.29, 1.82) is 5.26 Å². The first-order valence-corrected chi connectivity index (χ1v) is 8.51. The largest absolute Gasteiger partial charge is 0.481 e. The van der Waals surface area contributed by atoms with Crippen LogP contribution in [0.5, 0.6) is 0 Å². The molecule has 8 heteroatoms. The number of halogens is 1. The van der Waals surface area contributed by atoms with Crippen LogP contribution in [0.1, 0.15) is 18.9 Å². The molecule has 1 aromatic carbocycles. The van der Waals surface area contributed by atoms with E-state index in [9.17, 15) is 13.2 Å². The van der Waals surface area contributed by atoms with E-state index in [1.807, 2.05) is 6.07 Å². The zero-order chi connectivity index (χ0) is 16.5. The number of piperidine rings is 1. The lowest BCUT2D eigenvalue weighted by atomic mass is 9.88. The molecule has 0 aliphatic carbocycles. The van der Waals surface area contributed by atoms with E-state index in [-0.39, 0.29) is 40.9 Å². The van der Waals surface area contributed by atoms with Gasteiger partial charge in [0, 0.05) is 13.1 Å². The Balaban J connectivity index is 2.29. The van der Waals surface area contributed by atoms with Crippen LogP contribution in [0, 0.1) is 23.2 Å². The van der Waals surface area contributed by atoms with Gasteiger partial charge in [0.15, 0.2) is 0 Å². The summed E-state index contributed by atoms with van der Waals surface area (Å²) in [5.74, 6) is -1.72. The number of carbonyl (C=O) groups is 1. The van der Waals surface area contributed by atoms with Crippen molar-refractivity contribution in [3.8, 4) is 6.07 Å². The molecule has 0 spiro atoms. The molecule has 0 bridgehead atoms. The second-order valence-corrected chi connectivity index (χ2v) is 7.64. The van der Waals surface area contributed by atoms with Gasteiger partial charge in [-0.15, -0.1) is 0 Å². The van der Waals surface area contributed by atoms with Crippen LogP contribution in [0.2, 0.25) is 5.02 Å². The van der Waals surface area contributed by atoms with Gasteiger partial charge in [-0.25, -0.2) is 8.42 Å². The average Bonchev–Trinajstić information content (AvgIpc) is 2.46. The summed E-state index contributed by atoms with van der Waals surface area (Å²) in [5.41, 5.74) is 0.280. The first-order chi connectivity index (χ1) is 10.3. The molecule has 2 unspecified atom stereocenters. The zero-order valence-corrected chi connectivity index (χ0v) is 13.4. The Morgan fingerprint density at radius 3 is 2.68 bits per heavy atom. The van der Waals surface area contributed by atoms with E-state index in [1.165, 1.54) is 22.5 Å². The molecule has 1 aromatic rings. The Bertz CT molecular complexity index is 742. The highest BCUT2D eigenvalue weighted by Gasteiger charge is 2.37. The van der Waals surface area contributed by atoms with Gasteiger partial charge in [-0.3, -0.25) is 4.79 Å². The summed E-state index contributed by atoms with van der Waals surface area (Å²) in [5, 5.41) is 17.9. The predicted octanol–water partition coefficient (Wildman–Crippen LogP) is 1.94. The minimum absolute atomic E-state index is 0.00735. The third kappa shape index (κ3) is 3.09. The highest BCUT2D eigenvalue weighted by Crippen LogP contribution is 2.31. The fraction of sp³-hybridized carbons (Fsp3) is 0.429. The van der Waals surface area contributed by atoms with Crippen LogP contribution in [0.25, 0.3) is 0 Å².